The molecule has 2 N–H and O–H groups in total. The van der Waals surface area contributed by atoms with Crippen LogP contribution in [0.3, 0.4) is 0 Å². The van der Waals surface area contributed by atoms with Gasteiger partial charge in [0.2, 0.25) is 5.91 Å². The number of rotatable bonds is 4. The lowest BCUT2D eigenvalue weighted by Crippen LogP contribution is -2.45. The van der Waals surface area contributed by atoms with E-state index in [0.29, 0.717) is 25.3 Å². The Morgan fingerprint density at radius 2 is 1.97 bits per heavy atom. The predicted molar refractivity (Wildman–Crippen MR) is 109 cm³/mol. The van der Waals surface area contributed by atoms with Crippen LogP contribution in [0.15, 0.2) is 22.7 Å². The van der Waals surface area contributed by atoms with Gasteiger partial charge in [-0.3, -0.25) is 14.5 Å². The number of carbonyl (C=O) groups excluding carboxylic acids is 3. The molecule has 0 radical (unpaired) electrons. The third-order valence-electron chi connectivity index (χ3n) is 5.64. The summed E-state index contributed by atoms with van der Waals surface area (Å²) in [6, 6.07) is 5.47. The van der Waals surface area contributed by atoms with E-state index >= 15 is 0 Å². The first-order chi connectivity index (χ1) is 14.2. The second-order valence-electron chi connectivity index (χ2n) is 8.34. The van der Waals surface area contributed by atoms with Crippen LogP contribution in [0.1, 0.15) is 36.3 Å². The molecular formula is C21H25N5O4. The average Bonchev–Trinajstić information content (AvgIpc) is 3.17. The number of amides is 4. The molecule has 0 saturated carbocycles. The zero-order valence-electron chi connectivity index (χ0n) is 17.5. The fraction of sp³-hybridized carbons (Fsp3) is 0.429. The Kier molecular flexibility index (Phi) is 4.76. The number of benzene rings is 1. The van der Waals surface area contributed by atoms with Crippen LogP contribution in [0.2, 0.25) is 0 Å². The van der Waals surface area contributed by atoms with E-state index in [1.54, 1.807) is 18.7 Å². The third kappa shape index (κ3) is 3.40. The molecular weight excluding hydrogens is 386 g/mol. The Hall–Kier alpha value is -3.36. The molecule has 0 spiro atoms. The standard InChI is InChI=1S/C21H25N5O4/c1-12-6-5-7-13(2)17(12)22-18-14-10-25(9-8-15(14)30-24-18)16(27)11-26-19(28)21(3,4)23-20(26)29/h5-7H,8-11H2,1-4H3,(H,22,24)(H,23,29). The number of anilines is 2. The largest absolute Gasteiger partial charge is 0.359 e. The molecule has 2 aliphatic rings. The molecule has 1 fully saturated rings. The minimum atomic E-state index is -0.997. The highest BCUT2D eigenvalue weighted by Crippen LogP contribution is 2.31. The highest BCUT2D eigenvalue weighted by molar-refractivity contribution is 6.08. The van der Waals surface area contributed by atoms with Crippen LogP contribution in [0, 0.1) is 13.8 Å². The van der Waals surface area contributed by atoms with Crippen LogP contribution in [-0.2, 0) is 22.6 Å². The predicted octanol–water partition coefficient (Wildman–Crippen LogP) is 2.25. The van der Waals surface area contributed by atoms with E-state index in [-0.39, 0.29) is 12.5 Å². The third-order valence-corrected chi connectivity index (χ3v) is 5.64. The molecule has 2 aliphatic heterocycles. The molecule has 3 heterocycles. The molecule has 30 heavy (non-hydrogen) atoms. The van der Waals surface area contributed by atoms with Crippen molar-refractivity contribution in [3.05, 3.63) is 40.6 Å². The van der Waals surface area contributed by atoms with Gasteiger partial charge in [-0.05, 0) is 38.8 Å². The number of nitrogens with one attached hydrogen (secondary N) is 2. The van der Waals surface area contributed by atoms with Crippen molar-refractivity contribution >= 4 is 29.4 Å². The number of fused-ring (bicyclic) bond motifs is 1. The fourth-order valence-corrected chi connectivity index (χ4v) is 3.85. The number of nitrogens with zero attached hydrogens (tertiary/aromatic N) is 3. The van der Waals surface area contributed by atoms with Gasteiger partial charge in [0.05, 0.1) is 12.1 Å². The minimum Gasteiger partial charge on any atom is -0.359 e. The molecule has 0 unspecified atom stereocenters. The number of carbonyl (C=O) groups is 3. The summed E-state index contributed by atoms with van der Waals surface area (Å²) in [7, 11) is 0. The Morgan fingerprint density at radius 1 is 1.27 bits per heavy atom. The topological polar surface area (TPSA) is 108 Å². The zero-order valence-corrected chi connectivity index (χ0v) is 17.5. The Morgan fingerprint density at radius 3 is 2.60 bits per heavy atom. The summed E-state index contributed by atoms with van der Waals surface area (Å²) in [4.78, 5) is 39.9. The second kappa shape index (κ2) is 7.16. The van der Waals surface area contributed by atoms with Gasteiger partial charge in [0.15, 0.2) is 5.82 Å². The summed E-state index contributed by atoms with van der Waals surface area (Å²) in [6.45, 7) is 7.72. The highest BCUT2D eigenvalue weighted by Gasteiger charge is 2.45. The van der Waals surface area contributed by atoms with E-state index in [4.69, 9.17) is 4.52 Å². The van der Waals surface area contributed by atoms with E-state index < -0.39 is 17.5 Å². The molecule has 9 nitrogen and oxygen atoms in total. The van der Waals surface area contributed by atoms with E-state index in [1.807, 2.05) is 32.0 Å². The monoisotopic (exact) mass is 411 g/mol. The minimum absolute atomic E-state index is 0.283. The van der Waals surface area contributed by atoms with Gasteiger partial charge in [0.25, 0.3) is 5.91 Å². The average molecular weight is 411 g/mol. The maximum Gasteiger partial charge on any atom is 0.325 e. The molecule has 0 aliphatic carbocycles. The molecule has 0 atom stereocenters. The van der Waals surface area contributed by atoms with E-state index in [2.05, 4.69) is 15.8 Å². The van der Waals surface area contributed by atoms with Crippen LogP contribution in [0.25, 0.3) is 0 Å². The van der Waals surface area contributed by atoms with Gasteiger partial charge in [0, 0.05) is 18.7 Å². The molecule has 2 aromatic rings. The number of imide groups is 1. The quantitative estimate of drug-likeness (QED) is 0.747. The van der Waals surface area contributed by atoms with Crippen LogP contribution >= 0.6 is 0 Å². The summed E-state index contributed by atoms with van der Waals surface area (Å²) in [5.41, 5.74) is 2.94. The summed E-state index contributed by atoms with van der Waals surface area (Å²) in [5.74, 6) is 0.627. The lowest BCUT2D eigenvalue weighted by molar-refractivity contribution is -0.139. The SMILES string of the molecule is Cc1cccc(C)c1Nc1noc2c1CN(C(=O)CN1C(=O)NC(C)(C)C1=O)CC2. The summed E-state index contributed by atoms with van der Waals surface area (Å²) < 4.78 is 5.48. The summed E-state index contributed by atoms with van der Waals surface area (Å²) in [6.07, 6.45) is 0.522. The highest BCUT2D eigenvalue weighted by atomic mass is 16.5. The van der Waals surface area contributed by atoms with Crippen molar-refractivity contribution < 1.29 is 18.9 Å². The van der Waals surface area contributed by atoms with Gasteiger partial charge >= 0.3 is 6.03 Å². The second-order valence-corrected chi connectivity index (χ2v) is 8.34. The van der Waals surface area contributed by atoms with E-state index in [1.165, 1.54) is 0 Å². The maximum absolute atomic E-state index is 12.8. The Labute approximate surface area is 174 Å². The Balaban J connectivity index is 1.50. The Bertz CT molecular complexity index is 1020. The maximum atomic E-state index is 12.8. The van der Waals surface area contributed by atoms with Crippen molar-refractivity contribution in [2.75, 3.05) is 18.4 Å². The number of hydrogen-bond donors (Lipinski definition) is 2. The van der Waals surface area contributed by atoms with Gasteiger partial charge in [0.1, 0.15) is 17.8 Å². The molecule has 1 aromatic heterocycles. The molecule has 1 saturated heterocycles. The molecule has 4 rings (SSSR count). The first-order valence-electron chi connectivity index (χ1n) is 9.90. The smallest absolute Gasteiger partial charge is 0.325 e. The first-order valence-corrected chi connectivity index (χ1v) is 9.90. The summed E-state index contributed by atoms with van der Waals surface area (Å²) >= 11 is 0. The van der Waals surface area contributed by atoms with Gasteiger partial charge in [-0.15, -0.1) is 0 Å². The normalized spacial score (nSPS) is 17.7. The number of hydrogen-bond acceptors (Lipinski definition) is 6. The van der Waals surface area contributed by atoms with Gasteiger partial charge in [-0.2, -0.15) is 0 Å². The number of urea groups is 1. The van der Waals surface area contributed by atoms with Crippen LogP contribution in [0.5, 0.6) is 0 Å². The number of para-hydroxylation sites is 1. The van der Waals surface area contributed by atoms with Crippen LogP contribution in [0.4, 0.5) is 16.3 Å². The lowest BCUT2D eigenvalue weighted by Gasteiger charge is -2.27. The number of aryl methyl sites for hydroxylation is 2. The van der Waals surface area contributed by atoms with Crippen molar-refractivity contribution in [2.24, 2.45) is 0 Å². The van der Waals surface area contributed by atoms with Gasteiger partial charge in [-0.25, -0.2) is 4.79 Å². The van der Waals surface area contributed by atoms with Crippen molar-refractivity contribution in [3.63, 3.8) is 0 Å². The lowest BCUT2D eigenvalue weighted by atomic mass is 10.1. The molecule has 0 bridgehead atoms. The first kappa shape index (κ1) is 19.9. The van der Waals surface area contributed by atoms with Crippen LogP contribution < -0.4 is 10.6 Å². The molecule has 9 heteroatoms. The fourth-order valence-electron chi connectivity index (χ4n) is 3.85. The molecule has 1 aromatic carbocycles. The summed E-state index contributed by atoms with van der Waals surface area (Å²) in [5, 5.41) is 10.1. The molecule has 158 valence electrons. The van der Waals surface area contributed by atoms with E-state index in [0.717, 1.165) is 33.0 Å². The van der Waals surface area contributed by atoms with Gasteiger partial charge < -0.3 is 20.1 Å². The van der Waals surface area contributed by atoms with Crippen molar-refractivity contribution in [1.82, 2.24) is 20.3 Å². The van der Waals surface area contributed by atoms with Crippen molar-refractivity contribution in [2.45, 2.75) is 46.2 Å². The zero-order chi connectivity index (χ0) is 21.6. The number of aromatic nitrogens is 1. The van der Waals surface area contributed by atoms with Crippen molar-refractivity contribution in [1.29, 1.82) is 0 Å². The van der Waals surface area contributed by atoms with Crippen LogP contribution in [-0.4, -0.2) is 51.4 Å². The van der Waals surface area contributed by atoms with E-state index in [9.17, 15) is 14.4 Å². The molecule has 4 amide bonds. The van der Waals surface area contributed by atoms with Crippen molar-refractivity contribution in [3.8, 4) is 0 Å². The van der Waals surface area contributed by atoms with Gasteiger partial charge in [-0.1, -0.05) is 23.4 Å².